The van der Waals surface area contributed by atoms with Gasteiger partial charge in [-0.15, -0.1) is 0 Å². The lowest BCUT2D eigenvalue weighted by molar-refractivity contribution is -0.129. The average Bonchev–Trinajstić information content (AvgIpc) is 2.79. The molecule has 1 unspecified atom stereocenters. The van der Waals surface area contributed by atoms with Crippen LogP contribution in [0.15, 0.2) is 30.3 Å². The van der Waals surface area contributed by atoms with E-state index in [4.69, 9.17) is 4.74 Å². The first-order valence-corrected chi connectivity index (χ1v) is 7.12. The summed E-state index contributed by atoms with van der Waals surface area (Å²) in [6.07, 6.45) is -0.566. The molecule has 1 aromatic rings. The zero-order chi connectivity index (χ0) is 14.0. The molecule has 1 fully saturated rings. The number of cyclic esters (lactones) is 1. The predicted molar refractivity (Wildman–Crippen MR) is 74.9 cm³/mol. The summed E-state index contributed by atoms with van der Waals surface area (Å²) in [7, 11) is 0. The van der Waals surface area contributed by atoms with Crippen molar-refractivity contribution in [1.82, 2.24) is 4.90 Å². The summed E-state index contributed by atoms with van der Waals surface area (Å²) in [4.78, 5) is 25.0. The van der Waals surface area contributed by atoms with Crippen LogP contribution < -0.4 is 0 Å². The average molecular weight is 326 g/mol. The quantitative estimate of drug-likeness (QED) is 0.802. The summed E-state index contributed by atoms with van der Waals surface area (Å²) < 4.78 is 5.03. The number of hydrogen-bond donors (Lipinski definition) is 0. The molecule has 0 N–H and O–H groups in total. The van der Waals surface area contributed by atoms with Crippen LogP contribution in [0.25, 0.3) is 0 Å². The van der Waals surface area contributed by atoms with E-state index in [0.717, 1.165) is 5.56 Å². The van der Waals surface area contributed by atoms with Crippen molar-refractivity contribution in [3.63, 3.8) is 0 Å². The van der Waals surface area contributed by atoms with Gasteiger partial charge in [0.1, 0.15) is 12.6 Å². The lowest BCUT2D eigenvalue weighted by atomic mass is 10.0. The molecule has 0 aliphatic carbocycles. The molecule has 0 spiro atoms. The number of nitrogens with zero attached hydrogens (tertiary/aromatic N) is 1. The number of carbonyl (C=O) groups is 2. The summed E-state index contributed by atoms with van der Waals surface area (Å²) in [5, 5.41) is 0. The largest absolute Gasteiger partial charge is 0.446 e. The van der Waals surface area contributed by atoms with Gasteiger partial charge in [0, 0.05) is 0 Å². The summed E-state index contributed by atoms with van der Waals surface area (Å²) in [5.74, 6) is -0.135. The molecule has 1 saturated heterocycles. The summed E-state index contributed by atoms with van der Waals surface area (Å²) >= 11 is 3.35. The minimum Gasteiger partial charge on any atom is -0.446 e. The van der Waals surface area contributed by atoms with Gasteiger partial charge in [0.15, 0.2) is 0 Å². The van der Waals surface area contributed by atoms with Gasteiger partial charge in [-0.2, -0.15) is 0 Å². The molecular weight excluding hydrogens is 310 g/mol. The van der Waals surface area contributed by atoms with Crippen LogP contribution in [0.5, 0.6) is 0 Å². The van der Waals surface area contributed by atoms with Crippen LogP contribution in [-0.2, 0) is 9.53 Å². The predicted octanol–water partition coefficient (Wildman–Crippen LogP) is 3.13. The highest BCUT2D eigenvalue weighted by molar-refractivity contribution is 9.10. The van der Waals surface area contributed by atoms with Gasteiger partial charge in [0.2, 0.25) is 5.91 Å². The molecule has 1 heterocycles. The minimum atomic E-state index is -0.566. The highest BCUT2D eigenvalue weighted by Crippen LogP contribution is 2.30. The standard InChI is InChI=1S/C14H16BrNO3/c1-9(2)12(15)13(17)16-11(8-19-14(16)18)10-6-4-3-5-7-10/h3-7,9,11-12H,8H2,1-2H3/t11-,12?/m0/s1. The molecule has 2 atom stereocenters. The Kier molecular flexibility index (Phi) is 4.24. The van der Waals surface area contributed by atoms with Crippen LogP contribution in [0, 0.1) is 5.92 Å². The van der Waals surface area contributed by atoms with Crippen molar-refractivity contribution >= 4 is 27.9 Å². The highest BCUT2D eigenvalue weighted by atomic mass is 79.9. The van der Waals surface area contributed by atoms with E-state index in [1.54, 1.807) is 0 Å². The Morgan fingerprint density at radius 3 is 2.58 bits per heavy atom. The van der Waals surface area contributed by atoms with E-state index in [1.807, 2.05) is 44.2 Å². The van der Waals surface area contributed by atoms with Crippen molar-refractivity contribution in [2.45, 2.75) is 24.7 Å². The first-order chi connectivity index (χ1) is 9.02. The summed E-state index contributed by atoms with van der Waals surface area (Å²) in [6, 6.07) is 9.12. The number of ether oxygens (including phenoxy) is 1. The smallest absolute Gasteiger partial charge is 0.417 e. The Morgan fingerprint density at radius 2 is 2.00 bits per heavy atom. The van der Waals surface area contributed by atoms with E-state index in [-0.39, 0.29) is 29.3 Å². The van der Waals surface area contributed by atoms with Crippen LogP contribution in [0.2, 0.25) is 0 Å². The van der Waals surface area contributed by atoms with E-state index in [2.05, 4.69) is 15.9 Å². The van der Waals surface area contributed by atoms with Crippen LogP contribution in [0.1, 0.15) is 25.5 Å². The van der Waals surface area contributed by atoms with Gasteiger partial charge in [-0.3, -0.25) is 4.79 Å². The van der Waals surface area contributed by atoms with Crippen LogP contribution in [-0.4, -0.2) is 28.3 Å². The van der Waals surface area contributed by atoms with Crippen LogP contribution >= 0.6 is 15.9 Å². The van der Waals surface area contributed by atoms with E-state index < -0.39 is 6.09 Å². The number of rotatable bonds is 3. The number of benzene rings is 1. The zero-order valence-electron chi connectivity index (χ0n) is 10.9. The second-order valence-corrected chi connectivity index (χ2v) is 5.84. The van der Waals surface area contributed by atoms with Crippen molar-refractivity contribution in [2.75, 3.05) is 6.61 Å². The van der Waals surface area contributed by atoms with E-state index in [1.165, 1.54) is 4.90 Å². The number of hydrogen-bond acceptors (Lipinski definition) is 3. The van der Waals surface area contributed by atoms with Gasteiger partial charge in [0.05, 0.1) is 4.83 Å². The fourth-order valence-corrected chi connectivity index (χ4v) is 2.22. The first-order valence-electron chi connectivity index (χ1n) is 6.21. The number of alkyl halides is 1. The second kappa shape index (κ2) is 5.74. The Morgan fingerprint density at radius 1 is 1.37 bits per heavy atom. The molecule has 0 bridgehead atoms. The highest BCUT2D eigenvalue weighted by Gasteiger charge is 2.41. The van der Waals surface area contributed by atoms with Gasteiger partial charge in [0.25, 0.3) is 0 Å². The number of amides is 2. The topological polar surface area (TPSA) is 46.6 Å². The molecule has 0 aromatic heterocycles. The molecule has 2 amide bonds. The fourth-order valence-electron chi connectivity index (χ4n) is 2.00. The maximum absolute atomic E-state index is 12.4. The molecule has 2 rings (SSSR count). The maximum atomic E-state index is 12.4. The number of imide groups is 1. The fraction of sp³-hybridized carbons (Fsp3) is 0.429. The SMILES string of the molecule is CC(C)C(Br)C(=O)N1C(=O)OC[C@H]1c1ccccc1. The third-order valence-corrected chi connectivity index (χ3v) is 4.57. The summed E-state index contributed by atoms with van der Waals surface area (Å²) in [6.45, 7) is 4.07. The normalized spacial score (nSPS) is 20.5. The molecule has 1 aliphatic heterocycles. The van der Waals surface area contributed by atoms with Crippen molar-refractivity contribution < 1.29 is 14.3 Å². The summed E-state index contributed by atoms with van der Waals surface area (Å²) in [5.41, 5.74) is 0.908. The van der Waals surface area contributed by atoms with E-state index in [0.29, 0.717) is 0 Å². The van der Waals surface area contributed by atoms with Crippen LogP contribution in [0.4, 0.5) is 4.79 Å². The molecule has 19 heavy (non-hydrogen) atoms. The number of halogens is 1. The maximum Gasteiger partial charge on any atom is 0.417 e. The number of carbonyl (C=O) groups excluding carboxylic acids is 2. The lowest BCUT2D eigenvalue weighted by Gasteiger charge is -2.23. The molecule has 0 saturated carbocycles. The van der Waals surface area contributed by atoms with E-state index >= 15 is 0 Å². The van der Waals surface area contributed by atoms with Crippen molar-refractivity contribution in [2.24, 2.45) is 5.92 Å². The van der Waals surface area contributed by atoms with Crippen LogP contribution in [0.3, 0.4) is 0 Å². The third kappa shape index (κ3) is 2.81. The van der Waals surface area contributed by atoms with Crippen molar-refractivity contribution in [1.29, 1.82) is 0 Å². The Bertz CT molecular complexity index is 475. The molecule has 1 aliphatic rings. The van der Waals surface area contributed by atoms with Gasteiger partial charge in [-0.05, 0) is 11.5 Å². The van der Waals surface area contributed by atoms with E-state index in [9.17, 15) is 9.59 Å². The monoisotopic (exact) mass is 325 g/mol. The zero-order valence-corrected chi connectivity index (χ0v) is 12.5. The van der Waals surface area contributed by atoms with Gasteiger partial charge in [-0.1, -0.05) is 60.1 Å². The lowest BCUT2D eigenvalue weighted by Crippen LogP contribution is -2.40. The first kappa shape index (κ1) is 14.1. The molecule has 1 aromatic carbocycles. The Labute approximate surface area is 120 Å². The molecule has 4 nitrogen and oxygen atoms in total. The van der Waals surface area contributed by atoms with Gasteiger partial charge < -0.3 is 4.74 Å². The van der Waals surface area contributed by atoms with Crippen molar-refractivity contribution in [3.8, 4) is 0 Å². The Hall–Kier alpha value is -1.36. The Balaban J connectivity index is 2.26. The third-order valence-electron chi connectivity index (χ3n) is 3.12. The molecule has 5 heteroatoms. The molecule has 0 radical (unpaired) electrons. The molecular formula is C14H16BrNO3. The minimum absolute atomic E-state index is 0.109. The van der Waals surface area contributed by atoms with Gasteiger partial charge >= 0.3 is 6.09 Å². The second-order valence-electron chi connectivity index (χ2n) is 4.86. The van der Waals surface area contributed by atoms with Gasteiger partial charge in [-0.25, -0.2) is 9.69 Å². The molecule has 102 valence electrons. The van der Waals surface area contributed by atoms with Crippen molar-refractivity contribution in [3.05, 3.63) is 35.9 Å².